The van der Waals surface area contributed by atoms with Crippen LogP contribution in [0.25, 0.3) is 0 Å². The number of fused-ring (bicyclic) bond motifs is 1. The fraction of sp³-hybridized carbons (Fsp3) is 0.312. The van der Waals surface area contributed by atoms with Crippen molar-refractivity contribution in [3.63, 3.8) is 0 Å². The number of nitrogens with one attached hydrogen (secondary N) is 2. The maximum Gasteiger partial charge on any atom is 0.326 e. The van der Waals surface area contributed by atoms with Crippen molar-refractivity contribution in [2.45, 2.75) is 57.8 Å². The summed E-state index contributed by atoms with van der Waals surface area (Å²) in [5.41, 5.74) is 11.3. The van der Waals surface area contributed by atoms with Crippen LogP contribution in [0.2, 0.25) is 5.02 Å². The van der Waals surface area contributed by atoms with Gasteiger partial charge < -0.3 is 31.5 Å². The first-order chi connectivity index (χ1) is 20.4. The molecule has 3 amide bonds. The van der Waals surface area contributed by atoms with E-state index >= 15 is 0 Å². The van der Waals surface area contributed by atoms with Gasteiger partial charge in [0.1, 0.15) is 17.8 Å². The van der Waals surface area contributed by atoms with Gasteiger partial charge in [-0.15, -0.1) is 0 Å². The number of phenols is 1. The molecular weight excluding hydrogens is 572 g/mol. The first kappa shape index (κ1) is 31.5. The van der Waals surface area contributed by atoms with E-state index in [1.54, 1.807) is 36.4 Å². The summed E-state index contributed by atoms with van der Waals surface area (Å²) in [4.78, 5) is 53.0. The number of nitrogens with zero attached hydrogens (tertiary/aromatic N) is 1. The Morgan fingerprint density at radius 1 is 1.00 bits per heavy atom. The van der Waals surface area contributed by atoms with Crippen molar-refractivity contribution in [1.82, 2.24) is 15.5 Å². The molecule has 0 spiro atoms. The number of benzene rings is 3. The number of phenolic OH excluding ortho intramolecular Hbond substituents is 1. The smallest absolute Gasteiger partial charge is 0.326 e. The van der Waals surface area contributed by atoms with Crippen molar-refractivity contribution in [1.29, 1.82) is 0 Å². The lowest BCUT2D eigenvalue weighted by Gasteiger charge is -2.37. The Kier molecular flexibility index (Phi) is 10.1. The van der Waals surface area contributed by atoms with E-state index in [9.17, 15) is 29.4 Å². The molecule has 0 saturated heterocycles. The van der Waals surface area contributed by atoms with Gasteiger partial charge in [-0.1, -0.05) is 48.0 Å². The van der Waals surface area contributed by atoms with E-state index in [4.69, 9.17) is 17.3 Å². The van der Waals surface area contributed by atoms with Crippen LogP contribution < -0.4 is 16.4 Å². The standard InChI is InChI=1S/C32H35ClN4O6/c1-18-11-24(38)12-19(2)25(18)15-26(34)31(41)37-17-22-6-4-3-5-21(22)14-28(37)30(40)35-16-29(39)36-27(32(42)43)13-20-7-9-23(33)10-8-20/h3-12,26-28,38H,13-17,34H2,1-2H3,(H,35,40)(H,36,39)(H,42,43)/t26-,27-,28+/m0/s1. The second-order valence-electron chi connectivity index (χ2n) is 10.8. The molecule has 0 fully saturated rings. The molecule has 11 heteroatoms. The minimum absolute atomic E-state index is 0.0335. The van der Waals surface area contributed by atoms with Crippen molar-refractivity contribution in [2.24, 2.45) is 5.73 Å². The van der Waals surface area contributed by atoms with Crippen LogP contribution in [0.15, 0.2) is 60.7 Å². The Labute approximate surface area is 254 Å². The quantitative estimate of drug-likeness (QED) is 0.237. The first-order valence-corrected chi connectivity index (χ1v) is 14.3. The van der Waals surface area contributed by atoms with Crippen molar-refractivity contribution < 1.29 is 29.4 Å². The summed E-state index contributed by atoms with van der Waals surface area (Å²) in [6.07, 6.45) is 0.481. The Hall–Kier alpha value is -4.41. The van der Waals surface area contributed by atoms with Crippen LogP contribution in [0.3, 0.4) is 0 Å². The highest BCUT2D eigenvalue weighted by atomic mass is 35.5. The zero-order valence-corrected chi connectivity index (χ0v) is 24.7. The average Bonchev–Trinajstić information content (AvgIpc) is 2.97. The largest absolute Gasteiger partial charge is 0.508 e. The molecule has 0 bridgehead atoms. The van der Waals surface area contributed by atoms with Crippen LogP contribution in [0.1, 0.15) is 33.4 Å². The molecule has 6 N–H and O–H groups in total. The molecule has 1 aliphatic heterocycles. The van der Waals surface area contributed by atoms with Crippen LogP contribution in [-0.2, 0) is 45.0 Å². The van der Waals surface area contributed by atoms with Gasteiger partial charge in [0.25, 0.3) is 0 Å². The normalized spacial score (nSPS) is 15.6. The van der Waals surface area contributed by atoms with Gasteiger partial charge in [-0.25, -0.2) is 4.79 Å². The first-order valence-electron chi connectivity index (χ1n) is 13.9. The third-order valence-electron chi connectivity index (χ3n) is 7.67. The molecule has 0 saturated carbocycles. The van der Waals surface area contributed by atoms with E-state index in [0.717, 1.165) is 27.8 Å². The van der Waals surface area contributed by atoms with Crippen molar-refractivity contribution in [2.75, 3.05) is 6.54 Å². The molecule has 3 aromatic rings. The van der Waals surface area contributed by atoms with Gasteiger partial charge in [0, 0.05) is 24.4 Å². The number of carbonyl (C=O) groups excluding carboxylic acids is 3. The number of amides is 3. The van der Waals surface area contributed by atoms with Crippen LogP contribution in [0.4, 0.5) is 0 Å². The summed E-state index contributed by atoms with van der Waals surface area (Å²) >= 11 is 5.89. The van der Waals surface area contributed by atoms with Gasteiger partial charge in [-0.05, 0) is 77.9 Å². The number of carbonyl (C=O) groups is 4. The van der Waals surface area contributed by atoms with Crippen molar-refractivity contribution in [3.8, 4) is 5.75 Å². The topological polar surface area (TPSA) is 162 Å². The van der Waals surface area contributed by atoms with Gasteiger partial charge in [0.2, 0.25) is 17.7 Å². The molecule has 0 aliphatic carbocycles. The predicted molar refractivity (Wildman–Crippen MR) is 161 cm³/mol. The van der Waals surface area contributed by atoms with Gasteiger partial charge in [0.15, 0.2) is 0 Å². The second kappa shape index (κ2) is 13.7. The van der Waals surface area contributed by atoms with Crippen LogP contribution in [0.5, 0.6) is 5.75 Å². The molecule has 10 nitrogen and oxygen atoms in total. The Bertz CT molecular complexity index is 1500. The van der Waals surface area contributed by atoms with Crippen LogP contribution in [-0.4, -0.2) is 63.5 Å². The Morgan fingerprint density at radius 2 is 1.63 bits per heavy atom. The molecular formula is C32H35ClN4O6. The monoisotopic (exact) mass is 606 g/mol. The summed E-state index contributed by atoms with van der Waals surface area (Å²) in [5.74, 6) is -2.74. The van der Waals surface area contributed by atoms with E-state index in [1.807, 2.05) is 38.1 Å². The minimum Gasteiger partial charge on any atom is -0.508 e. The van der Waals surface area contributed by atoms with E-state index in [1.165, 1.54) is 4.90 Å². The summed E-state index contributed by atoms with van der Waals surface area (Å²) in [7, 11) is 0. The second-order valence-corrected chi connectivity index (χ2v) is 11.3. The number of carboxylic acid groups (broad SMARTS) is 1. The maximum atomic E-state index is 13.7. The summed E-state index contributed by atoms with van der Waals surface area (Å²) in [5, 5.41) is 25.0. The minimum atomic E-state index is -1.22. The van der Waals surface area contributed by atoms with E-state index in [2.05, 4.69) is 10.6 Å². The van der Waals surface area contributed by atoms with Crippen molar-refractivity contribution >= 4 is 35.3 Å². The summed E-state index contributed by atoms with van der Waals surface area (Å²) in [6.45, 7) is 3.37. The third-order valence-corrected chi connectivity index (χ3v) is 7.92. The number of rotatable bonds is 10. The number of halogens is 1. The zero-order valence-electron chi connectivity index (χ0n) is 24.0. The van der Waals surface area contributed by atoms with E-state index in [0.29, 0.717) is 10.6 Å². The lowest BCUT2D eigenvalue weighted by molar-refractivity contribution is -0.143. The summed E-state index contributed by atoms with van der Waals surface area (Å²) in [6, 6.07) is 14.2. The Balaban J connectivity index is 1.45. The number of aryl methyl sites for hydroxylation is 2. The molecule has 3 aromatic carbocycles. The lowest BCUT2D eigenvalue weighted by Crippen LogP contribution is -2.57. The number of nitrogens with two attached hydrogens (primary N) is 1. The molecule has 4 rings (SSSR count). The highest BCUT2D eigenvalue weighted by Crippen LogP contribution is 2.26. The molecule has 1 aliphatic rings. The Morgan fingerprint density at radius 3 is 2.26 bits per heavy atom. The van der Waals surface area contributed by atoms with E-state index in [-0.39, 0.29) is 31.6 Å². The average molecular weight is 607 g/mol. The number of aliphatic carboxylic acids is 1. The van der Waals surface area contributed by atoms with Gasteiger partial charge in [-0.3, -0.25) is 14.4 Å². The maximum absolute atomic E-state index is 13.7. The lowest BCUT2D eigenvalue weighted by atomic mass is 9.91. The molecule has 43 heavy (non-hydrogen) atoms. The van der Waals surface area contributed by atoms with Gasteiger partial charge >= 0.3 is 5.97 Å². The molecule has 1 heterocycles. The fourth-order valence-electron chi connectivity index (χ4n) is 5.39. The third kappa shape index (κ3) is 7.91. The molecule has 226 valence electrons. The predicted octanol–water partition coefficient (Wildman–Crippen LogP) is 2.41. The van der Waals surface area contributed by atoms with Crippen molar-refractivity contribution in [3.05, 3.63) is 99.1 Å². The summed E-state index contributed by atoms with van der Waals surface area (Å²) < 4.78 is 0. The SMILES string of the molecule is Cc1cc(O)cc(C)c1C[C@H](N)C(=O)N1Cc2ccccc2C[C@@H]1C(=O)NCC(=O)N[C@@H](Cc1ccc(Cl)cc1)C(=O)O. The fourth-order valence-corrected chi connectivity index (χ4v) is 5.51. The number of carboxylic acids is 1. The molecule has 0 unspecified atom stereocenters. The van der Waals surface area contributed by atoms with Crippen LogP contribution >= 0.6 is 11.6 Å². The molecule has 3 atom stereocenters. The van der Waals surface area contributed by atoms with Crippen LogP contribution in [0, 0.1) is 13.8 Å². The number of hydrogen-bond acceptors (Lipinski definition) is 6. The molecule has 0 radical (unpaired) electrons. The zero-order chi connectivity index (χ0) is 31.3. The highest BCUT2D eigenvalue weighted by molar-refractivity contribution is 6.30. The highest BCUT2D eigenvalue weighted by Gasteiger charge is 2.37. The van der Waals surface area contributed by atoms with Gasteiger partial charge in [0.05, 0.1) is 12.6 Å². The number of aromatic hydroxyl groups is 1. The molecule has 0 aromatic heterocycles. The van der Waals surface area contributed by atoms with E-state index < -0.39 is 48.4 Å². The number of hydrogen-bond donors (Lipinski definition) is 5. The van der Waals surface area contributed by atoms with Gasteiger partial charge in [-0.2, -0.15) is 0 Å².